The number of hydrogen-bond acceptors (Lipinski definition) is 6. The van der Waals surface area contributed by atoms with E-state index in [4.69, 9.17) is 15.2 Å². The molecule has 1 amide bonds. The van der Waals surface area contributed by atoms with Crippen LogP contribution in [-0.2, 0) is 0 Å². The summed E-state index contributed by atoms with van der Waals surface area (Å²) in [5, 5.41) is 4.14. The second kappa shape index (κ2) is 8.04. The fourth-order valence-corrected chi connectivity index (χ4v) is 4.58. The van der Waals surface area contributed by atoms with Gasteiger partial charge in [-0.05, 0) is 68.8 Å². The maximum atomic E-state index is 11.9. The molecule has 0 radical (unpaired) electrons. The average molecular weight is 445 g/mol. The number of aromatic nitrogens is 3. The highest BCUT2D eigenvalue weighted by Gasteiger charge is 2.22. The van der Waals surface area contributed by atoms with Gasteiger partial charge in [-0.1, -0.05) is 11.2 Å². The molecule has 2 aromatic carbocycles. The summed E-state index contributed by atoms with van der Waals surface area (Å²) >= 11 is 0. The zero-order valence-electron chi connectivity index (χ0n) is 19.4. The maximum absolute atomic E-state index is 11.9. The van der Waals surface area contributed by atoms with Crippen LogP contribution in [0.3, 0.4) is 0 Å². The van der Waals surface area contributed by atoms with Gasteiger partial charge in [0.25, 0.3) is 0 Å². The van der Waals surface area contributed by atoms with Crippen molar-refractivity contribution in [2.75, 3.05) is 38.1 Å². The lowest BCUT2D eigenvalue weighted by molar-refractivity contribution is 0.100. The van der Waals surface area contributed by atoms with E-state index in [2.05, 4.69) is 39.1 Å². The SMILES string of the molecule is Cc1ccc(C(N)=O)cc1-c1cc(-c2c(C)noc2C)cc2[nH]c(N3CCN(C)CC3)nc12. The highest BCUT2D eigenvalue weighted by molar-refractivity contribution is 6.00. The van der Waals surface area contributed by atoms with Gasteiger partial charge < -0.3 is 25.0 Å². The summed E-state index contributed by atoms with van der Waals surface area (Å²) in [5.74, 6) is 1.17. The van der Waals surface area contributed by atoms with Crippen molar-refractivity contribution in [2.24, 2.45) is 5.73 Å². The normalized spacial score (nSPS) is 14.8. The number of fused-ring (bicyclic) bond motifs is 1. The first-order chi connectivity index (χ1) is 15.8. The zero-order chi connectivity index (χ0) is 23.3. The molecule has 8 heteroatoms. The number of benzene rings is 2. The highest BCUT2D eigenvalue weighted by atomic mass is 16.5. The van der Waals surface area contributed by atoms with Gasteiger partial charge in [0, 0.05) is 42.9 Å². The summed E-state index contributed by atoms with van der Waals surface area (Å²) in [6.07, 6.45) is 0. The van der Waals surface area contributed by atoms with E-state index in [1.807, 2.05) is 32.9 Å². The number of nitrogens with two attached hydrogens (primary N) is 1. The maximum Gasteiger partial charge on any atom is 0.248 e. The number of piperazine rings is 1. The first-order valence-corrected chi connectivity index (χ1v) is 11.1. The molecule has 0 atom stereocenters. The van der Waals surface area contributed by atoms with Crippen molar-refractivity contribution in [1.82, 2.24) is 20.0 Å². The fraction of sp³-hybridized carbons (Fsp3) is 0.320. The van der Waals surface area contributed by atoms with Crippen molar-refractivity contribution >= 4 is 22.9 Å². The molecule has 0 spiro atoms. The number of amides is 1. The summed E-state index contributed by atoms with van der Waals surface area (Å²) in [6.45, 7) is 9.71. The lowest BCUT2D eigenvalue weighted by Crippen LogP contribution is -2.44. The van der Waals surface area contributed by atoms with E-state index in [9.17, 15) is 4.79 Å². The molecule has 2 aromatic heterocycles. The smallest absolute Gasteiger partial charge is 0.248 e. The van der Waals surface area contributed by atoms with Crippen LogP contribution < -0.4 is 10.6 Å². The average Bonchev–Trinajstić information content (AvgIpc) is 3.36. The summed E-state index contributed by atoms with van der Waals surface area (Å²) in [4.78, 5) is 25.1. The quantitative estimate of drug-likeness (QED) is 0.498. The van der Waals surface area contributed by atoms with Crippen molar-refractivity contribution < 1.29 is 9.32 Å². The number of likely N-dealkylation sites (N-methyl/N-ethyl adjacent to an activating group) is 1. The summed E-state index contributed by atoms with van der Waals surface area (Å²) in [6, 6.07) is 9.75. The Bertz CT molecular complexity index is 1340. The number of anilines is 1. The van der Waals surface area contributed by atoms with Crippen molar-refractivity contribution in [2.45, 2.75) is 20.8 Å². The molecular weight excluding hydrogens is 416 g/mol. The van der Waals surface area contributed by atoms with E-state index in [1.54, 1.807) is 6.07 Å². The van der Waals surface area contributed by atoms with E-state index in [0.717, 1.165) is 82.4 Å². The van der Waals surface area contributed by atoms with E-state index >= 15 is 0 Å². The molecule has 1 aliphatic rings. The van der Waals surface area contributed by atoms with Crippen molar-refractivity contribution in [3.63, 3.8) is 0 Å². The van der Waals surface area contributed by atoms with E-state index < -0.39 is 5.91 Å². The Morgan fingerprint density at radius 1 is 1.06 bits per heavy atom. The third-order valence-electron chi connectivity index (χ3n) is 6.51. The van der Waals surface area contributed by atoms with Crippen LogP contribution in [0.2, 0.25) is 0 Å². The first-order valence-electron chi connectivity index (χ1n) is 11.1. The zero-order valence-corrected chi connectivity index (χ0v) is 19.4. The predicted octanol–water partition coefficient (Wildman–Crippen LogP) is 3.66. The van der Waals surface area contributed by atoms with Crippen LogP contribution >= 0.6 is 0 Å². The molecule has 1 saturated heterocycles. The molecule has 33 heavy (non-hydrogen) atoms. The van der Waals surface area contributed by atoms with Crippen molar-refractivity contribution in [3.8, 4) is 22.3 Å². The van der Waals surface area contributed by atoms with Crippen LogP contribution in [0.1, 0.15) is 27.4 Å². The molecule has 0 saturated carbocycles. The van der Waals surface area contributed by atoms with Gasteiger partial charge in [-0.25, -0.2) is 4.98 Å². The van der Waals surface area contributed by atoms with Gasteiger partial charge >= 0.3 is 0 Å². The lowest BCUT2D eigenvalue weighted by atomic mass is 9.93. The predicted molar refractivity (Wildman–Crippen MR) is 129 cm³/mol. The Morgan fingerprint density at radius 2 is 1.82 bits per heavy atom. The monoisotopic (exact) mass is 444 g/mol. The Morgan fingerprint density at radius 3 is 2.48 bits per heavy atom. The number of nitrogens with one attached hydrogen (secondary N) is 1. The van der Waals surface area contributed by atoms with Crippen LogP contribution in [0.4, 0.5) is 5.95 Å². The Hall–Kier alpha value is -3.65. The van der Waals surface area contributed by atoms with Gasteiger partial charge in [0.1, 0.15) is 5.76 Å². The summed E-state index contributed by atoms with van der Waals surface area (Å²) in [5.41, 5.74) is 13.6. The van der Waals surface area contributed by atoms with Crippen molar-refractivity contribution in [3.05, 3.63) is 52.9 Å². The standard InChI is InChI=1S/C25H28N6O2/c1-14-5-6-17(24(26)32)11-19(14)20-12-18(22-15(2)29-33-16(22)3)13-21-23(20)28-25(27-21)31-9-7-30(4)8-10-31/h5-6,11-13H,7-10H2,1-4H3,(H2,26,32)(H,27,28). The Kier molecular flexibility index (Phi) is 5.17. The van der Waals surface area contributed by atoms with Crippen LogP contribution in [0, 0.1) is 20.8 Å². The molecule has 170 valence electrons. The number of carbonyl (C=O) groups excluding carboxylic acids is 1. The van der Waals surface area contributed by atoms with Crippen LogP contribution in [-0.4, -0.2) is 59.2 Å². The second-order valence-electron chi connectivity index (χ2n) is 8.86. The molecule has 5 rings (SSSR count). The van der Waals surface area contributed by atoms with Crippen molar-refractivity contribution in [1.29, 1.82) is 0 Å². The number of aromatic amines is 1. The first kappa shape index (κ1) is 21.2. The molecule has 3 N–H and O–H groups in total. The fourth-order valence-electron chi connectivity index (χ4n) is 4.58. The Balaban J connectivity index is 1.74. The van der Waals surface area contributed by atoms with Gasteiger partial charge in [-0.2, -0.15) is 0 Å². The number of imidazole rings is 1. The summed E-state index contributed by atoms with van der Waals surface area (Å²) < 4.78 is 5.44. The minimum atomic E-state index is -0.450. The van der Waals surface area contributed by atoms with Crippen LogP contribution in [0.5, 0.6) is 0 Å². The van der Waals surface area contributed by atoms with E-state index in [-0.39, 0.29) is 0 Å². The van der Waals surface area contributed by atoms with Crippen LogP contribution in [0.25, 0.3) is 33.3 Å². The highest BCUT2D eigenvalue weighted by Crippen LogP contribution is 2.38. The topological polar surface area (TPSA) is 104 Å². The molecular formula is C25H28N6O2. The largest absolute Gasteiger partial charge is 0.366 e. The van der Waals surface area contributed by atoms with Crippen LogP contribution in [0.15, 0.2) is 34.9 Å². The lowest BCUT2D eigenvalue weighted by Gasteiger charge is -2.32. The van der Waals surface area contributed by atoms with Gasteiger partial charge in [0.05, 0.1) is 16.7 Å². The third-order valence-corrected chi connectivity index (χ3v) is 6.51. The second-order valence-corrected chi connectivity index (χ2v) is 8.86. The minimum absolute atomic E-state index is 0.450. The minimum Gasteiger partial charge on any atom is -0.366 e. The summed E-state index contributed by atoms with van der Waals surface area (Å²) in [7, 11) is 2.14. The van der Waals surface area contributed by atoms with Gasteiger partial charge in [-0.15, -0.1) is 0 Å². The molecule has 0 unspecified atom stereocenters. The molecule has 8 nitrogen and oxygen atoms in total. The number of primary amides is 1. The third kappa shape index (κ3) is 3.76. The number of nitrogens with zero attached hydrogens (tertiary/aromatic N) is 4. The molecule has 4 aromatic rings. The molecule has 0 aliphatic carbocycles. The van der Waals surface area contributed by atoms with Gasteiger partial charge in [0.2, 0.25) is 11.9 Å². The van der Waals surface area contributed by atoms with Gasteiger partial charge in [-0.3, -0.25) is 4.79 Å². The Labute approximate surface area is 192 Å². The van der Waals surface area contributed by atoms with E-state index in [1.165, 1.54) is 0 Å². The number of aryl methyl sites for hydroxylation is 3. The number of hydrogen-bond donors (Lipinski definition) is 2. The molecule has 3 heterocycles. The molecule has 1 fully saturated rings. The number of rotatable bonds is 4. The number of carbonyl (C=O) groups is 1. The number of H-pyrrole nitrogens is 1. The van der Waals surface area contributed by atoms with E-state index in [0.29, 0.717) is 5.56 Å². The molecule has 0 bridgehead atoms. The molecule has 1 aliphatic heterocycles. The van der Waals surface area contributed by atoms with Gasteiger partial charge in [0.15, 0.2) is 0 Å².